The summed E-state index contributed by atoms with van der Waals surface area (Å²) in [5, 5.41) is 13.3. The van der Waals surface area contributed by atoms with Crippen molar-refractivity contribution in [2.24, 2.45) is 0 Å². The third-order valence-electron chi connectivity index (χ3n) is 8.19. The van der Waals surface area contributed by atoms with Gasteiger partial charge in [0.15, 0.2) is 6.61 Å². The summed E-state index contributed by atoms with van der Waals surface area (Å²) in [6, 6.07) is 21.5. The molecule has 2 aliphatic rings. The zero-order chi connectivity index (χ0) is 33.7. The molecule has 1 aromatic heterocycles. The SMILES string of the molecule is O=C(O)OC1(OC(=O)OCC(=O)N2CCCC2=O)CCN(Cc2ccc(-c3noc(-c4ccc(-c5ccccc5)c(F)c4)n3)cc2)CC1. The highest BCUT2D eigenvalue weighted by atomic mass is 19.1. The minimum Gasteiger partial charge on any atom is -0.450 e. The summed E-state index contributed by atoms with van der Waals surface area (Å²) in [4.78, 5) is 55.2. The quantitative estimate of drug-likeness (QED) is 0.178. The lowest BCUT2D eigenvalue weighted by Gasteiger charge is -2.38. The van der Waals surface area contributed by atoms with Gasteiger partial charge in [-0.25, -0.2) is 14.0 Å². The Morgan fingerprint density at radius 1 is 0.917 bits per heavy atom. The van der Waals surface area contributed by atoms with Gasteiger partial charge in [-0.3, -0.25) is 19.4 Å². The fraction of sp³-hybridized carbons (Fsp3) is 0.294. The summed E-state index contributed by atoms with van der Waals surface area (Å²) < 4.78 is 35.4. The summed E-state index contributed by atoms with van der Waals surface area (Å²) in [6.45, 7) is 0.721. The fourth-order valence-electron chi connectivity index (χ4n) is 5.70. The summed E-state index contributed by atoms with van der Waals surface area (Å²) in [6.07, 6.45) is -2.03. The molecule has 2 aliphatic heterocycles. The number of nitrogens with zero attached hydrogens (tertiary/aromatic N) is 4. The van der Waals surface area contributed by atoms with Gasteiger partial charge in [-0.2, -0.15) is 4.98 Å². The maximum absolute atomic E-state index is 14.9. The summed E-state index contributed by atoms with van der Waals surface area (Å²) in [5.41, 5.74) is 3.34. The Bertz CT molecular complexity index is 1800. The number of benzene rings is 3. The Labute approximate surface area is 273 Å². The van der Waals surface area contributed by atoms with Crippen molar-refractivity contribution in [2.45, 2.75) is 38.0 Å². The standard InChI is InChI=1S/C34H31FN4O9/c35-27-19-25(12-13-26(27)23-5-2-1-3-6-23)31-36-30(37-48-31)24-10-8-22(9-11-24)20-38-17-14-34(15-18-38,46-32(42)43)47-33(44)45-21-29(41)39-16-4-7-28(39)40/h1-3,5-6,8-13,19H,4,7,14-18,20-21H2,(H,42,43). The minimum atomic E-state index is -1.78. The van der Waals surface area contributed by atoms with E-state index in [1.807, 2.05) is 59.5 Å². The molecule has 13 nitrogen and oxygen atoms in total. The van der Waals surface area contributed by atoms with Gasteiger partial charge >= 0.3 is 12.3 Å². The van der Waals surface area contributed by atoms with E-state index in [1.165, 1.54) is 6.07 Å². The van der Waals surface area contributed by atoms with Crippen LogP contribution in [-0.2, 0) is 30.3 Å². The van der Waals surface area contributed by atoms with Crippen molar-refractivity contribution in [3.63, 3.8) is 0 Å². The molecule has 0 spiro atoms. The normalized spacial score (nSPS) is 16.0. The van der Waals surface area contributed by atoms with E-state index in [0.29, 0.717) is 48.6 Å². The van der Waals surface area contributed by atoms with Crippen LogP contribution >= 0.6 is 0 Å². The molecule has 248 valence electrons. The van der Waals surface area contributed by atoms with Crippen LogP contribution in [0, 0.1) is 5.82 Å². The lowest BCUT2D eigenvalue weighted by molar-refractivity contribution is -0.209. The van der Waals surface area contributed by atoms with Crippen LogP contribution in [0.15, 0.2) is 77.3 Å². The number of hydrogen-bond acceptors (Lipinski definition) is 11. The van der Waals surface area contributed by atoms with E-state index >= 15 is 0 Å². The molecule has 4 aromatic rings. The number of carbonyl (C=O) groups is 4. The van der Waals surface area contributed by atoms with Crippen LogP contribution in [0.1, 0.15) is 31.2 Å². The lowest BCUT2D eigenvalue weighted by atomic mass is 10.0. The van der Waals surface area contributed by atoms with Crippen molar-refractivity contribution in [3.8, 4) is 34.0 Å². The van der Waals surface area contributed by atoms with E-state index in [1.54, 1.807) is 12.1 Å². The minimum absolute atomic E-state index is 0.0313. The monoisotopic (exact) mass is 658 g/mol. The topological polar surface area (TPSA) is 162 Å². The number of hydrogen-bond donors (Lipinski definition) is 1. The Kier molecular flexibility index (Phi) is 9.43. The molecule has 0 bridgehead atoms. The highest BCUT2D eigenvalue weighted by Gasteiger charge is 2.43. The van der Waals surface area contributed by atoms with Gasteiger partial charge in [-0.15, -0.1) is 0 Å². The third-order valence-corrected chi connectivity index (χ3v) is 8.19. The highest BCUT2D eigenvalue weighted by Crippen LogP contribution is 2.31. The molecule has 2 amide bonds. The van der Waals surface area contributed by atoms with Gasteiger partial charge in [0, 0.05) is 62.1 Å². The second-order valence-corrected chi connectivity index (χ2v) is 11.4. The summed E-state index contributed by atoms with van der Waals surface area (Å²) >= 11 is 0. The third kappa shape index (κ3) is 7.50. The van der Waals surface area contributed by atoms with Crippen LogP contribution in [0.3, 0.4) is 0 Å². The fourth-order valence-corrected chi connectivity index (χ4v) is 5.70. The van der Waals surface area contributed by atoms with Gasteiger partial charge in [0.1, 0.15) is 5.82 Å². The molecule has 6 rings (SSSR count). The molecule has 0 saturated carbocycles. The molecule has 0 radical (unpaired) electrons. The Hall–Kier alpha value is -5.63. The van der Waals surface area contributed by atoms with E-state index in [2.05, 4.69) is 10.1 Å². The molecule has 1 N–H and O–H groups in total. The van der Waals surface area contributed by atoms with E-state index in [4.69, 9.17) is 18.7 Å². The number of piperidine rings is 1. The number of ether oxygens (including phenoxy) is 3. The van der Waals surface area contributed by atoms with E-state index in [-0.39, 0.29) is 37.6 Å². The Morgan fingerprint density at radius 3 is 2.31 bits per heavy atom. The Balaban J connectivity index is 1.03. The van der Waals surface area contributed by atoms with Crippen LogP contribution in [0.5, 0.6) is 0 Å². The number of carboxylic acid groups (broad SMARTS) is 1. The van der Waals surface area contributed by atoms with Crippen LogP contribution < -0.4 is 0 Å². The van der Waals surface area contributed by atoms with Crippen molar-refractivity contribution in [2.75, 3.05) is 26.2 Å². The van der Waals surface area contributed by atoms with Crippen molar-refractivity contribution < 1.29 is 47.4 Å². The van der Waals surface area contributed by atoms with E-state index < -0.39 is 36.4 Å². The average Bonchev–Trinajstić information content (AvgIpc) is 3.75. The number of carbonyl (C=O) groups excluding carboxylic acids is 3. The number of rotatable bonds is 9. The van der Waals surface area contributed by atoms with Gasteiger partial charge in [-0.05, 0) is 29.7 Å². The van der Waals surface area contributed by atoms with Crippen LogP contribution in [-0.4, -0.2) is 81.2 Å². The molecule has 3 heterocycles. The molecule has 3 aromatic carbocycles. The van der Waals surface area contributed by atoms with Gasteiger partial charge in [0.2, 0.25) is 11.7 Å². The maximum Gasteiger partial charge on any atom is 0.512 e. The van der Waals surface area contributed by atoms with Crippen LogP contribution in [0.2, 0.25) is 0 Å². The van der Waals surface area contributed by atoms with Crippen molar-refractivity contribution >= 4 is 24.1 Å². The number of aromatic nitrogens is 2. The first-order chi connectivity index (χ1) is 23.2. The molecule has 0 atom stereocenters. The van der Waals surface area contributed by atoms with Gasteiger partial charge < -0.3 is 23.8 Å². The molecule has 0 aliphatic carbocycles. The zero-order valence-electron chi connectivity index (χ0n) is 25.7. The first kappa shape index (κ1) is 32.3. The largest absolute Gasteiger partial charge is 0.512 e. The second kappa shape index (κ2) is 14.0. The van der Waals surface area contributed by atoms with Crippen LogP contribution in [0.4, 0.5) is 14.0 Å². The number of amides is 2. The second-order valence-electron chi connectivity index (χ2n) is 11.4. The first-order valence-electron chi connectivity index (χ1n) is 15.3. The number of imide groups is 1. The van der Waals surface area contributed by atoms with Crippen molar-refractivity contribution in [1.82, 2.24) is 19.9 Å². The maximum atomic E-state index is 14.9. The zero-order valence-corrected chi connectivity index (χ0v) is 25.7. The summed E-state index contributed by atoms with van der Waals surface area (Å²) in [7, 11) is 0. The number of halogens is 1. The molecule has 48 heavy (non-hydrogen) atoms. The van der Waals surface area contributed by atoms with Gasteiger partial charge in [-0.1, -0.05) is 65.8 Å². The van der Waals surface area contributed by atoms with Gasteiger partial charge in [0.05, 0.1) is 0 Å². The average molecular weight is 659 g/mol. The predicted octanol–water partition coefficient (Wildman–Crippen LogP) is 5.50. The molecule has 0 unspecified atom stereocenters. The number of likely N-dealkylation sites (tertiary alicyclic amines) is 2. The van der Waals surface area contributed by atoms with E-state index in [0.717, 1.165) is 16.0 Å². The molecular weight excluding hydrogens is 627 g/mol. The summed E-state index contributed by atoms with van der Waals surface area (Å²) in [5.74, 6) is -2.67. The molecule has 2 saturated heterocycles. The smallest absolute Gasteiger partial charge is 0.450 e. The Morgan fingerprint density at radius 2 is 1.65 bits per heavy atom. The first-order valence-corrected chi connectivity index (χ1v) is 15.3. The molecule has 2 fully saturated rings. The molecular formula is C34H31FN4O9. The van der Waals surface area contributed by atoms with Crippen molar-refractivity contribution in [1.29, 1.82) is 0 Å². The highest BCUT2D eigenvalue weighted by molar-refractivity contribution is 5.97. The lowest BCUT2D eigenvalue weighted by Crippen LogP contribution is -2.49. The predicted molar refractivity (Wildman–Crippen MR) is 165 cm³/mol. The van der Waals surface area contributed by atoms with Gasteiger partial charge in [0.25, 0.3) is 17.6 Å². The van der Waals surface area contributed by atoms with Crippen molar-refractivity contribution in [3.05, 3.63) is 84.2 Å². The van der Waals surface area contributed by atoms with Crippen LogP contribution in [0.25, 0.3) is 34.0 Å². The molecule has 14 heteroatoms. The van der Waals surface area contributed by atoms with E-state index in [9.17, 15) is 28.7 Å².